The minimum Gasteiger partial charge on any atom is -0.370 e. The van der Waals surface area contributed by atoms with E-state index in [0.29, 0.717) is 17.9 Å². The highest BCUT2D eigenvalue weighted by molar-refractivity contribution is 5.65. The number of hydrogen-bond donors (Lipinski definition) is 2. The van der Waals surface area contributed by atoms with Crippen molar-refractivity contribution in [1.82, 2.24) is 10.4 Å². The van der Waals surface area contributed by atoms with Crippen LogP contribution in [0.25, 0.3) is 0 Å². The summed E-state index contributed by atoms with van der Waals surface area (Å²) in [6, 6.07) is 11.3. The SMILES string of the molecule is CCC(CC)CN1CC(C)CC(C(c2ccccc2)[C@]2(NOC(C)=O)CCCCC2N)CC1C. The number of likely N-dealkylation sites (tertiary alicyclic amines) is 1. The third-order valence-corrected chi connectivity index (χ3v) is 8.75. The van der Waals surface area contributed by atoms with Crippen molar-refractivity contribution in [2.75, 3.05) is 13.1 Å². The highest BCUT2D eigenvalue weighted by atomic mass is 16.7. The number of rotatable bonds is 9. The molecule has 5 unspecified atom stereocenters. The molecule has 5 nitrogen and oxygen atoms in total. The standard InChI is InChI=1S/C29H49N3O2/c1-6-24(7-2)20-32-19-21(3)17-26(18-22(32)4)28(25-13-9-8-10-14-25)29(31-34-23(5)33)16-12-11-15-27(29)30/h8-10,13-14,21-22,24,26-28,31H,6-7,11-12,15-20,30H2,1-5H3/t21?,22?,26?,27?,28?,29-/m0/s1. The minimum absolute atomic E-state index is 0.0552. The first-order valence-electron chi connectivity index (χ1n) is 13.8. The van der Waals surface area contributed by atoms with Crippen molar-refractivity contribution in [3.63, 3.8) is 0 Å². The van der Waals surface area contributed by atoms with Crippen LogP contribution in [-0.2, 0) is 9.63 Å². The van der Waals surface area contributed by atoms with Gasteiger partial charge in [0, 0.05) is 38.0 Å². The third kappa shape index (κ3) is 6.41. The van der Waals surface area contributed by atoms with Gasteiger partial charge in [0.25, 0.3) is 0 Å². The third-order valence-electron chi connectivity index (χ3n) is 8.75. The van der Waals surface area contributed by atoms with Crippen LogP contribution in [0.15, 0.2) is 30.3 Å². The highest BCUT2D eigenvalue weighted by Gasteiger charge is 2.51. The maximum atomic E-state index is 11.9. The van der Waals surface area contributed by atoms with E-state index in [4.69, 9.17) is 10.6 Å². The minimum atomic E-state index is -0.445. The summed E-state index contributed by atoms with van der Waals surface area (Å²) < 4.78 is 0. The predicted octanol–water partition coefficient (Wildman–Crippen LogP) is 5.65. The van der Waals surface area contributed by atoms with Gasteiger partial charge < -0.3 is 15.5 Å². The monoisotopic (exact) mass is 471 g/mol. The van der Waals surface area contributed by atoms with Gasteiger partial charge in [-0.2, -0.15) is 0 Å². The number of carbonyl (C=O) groups is 1. The van der Waals surface area contributed by atoms with Crippen molar-refractivity contribution >= 4 is 5.97 Å². The number of hydroxylamine groups is 1. The first-order chi connectivity index (χ1) is 16.3. The molecule has 2 fully saturated rings. The molecular weight excluding hydrogens is 422 g/mol. The molecule has 3 rings (SSSR count). The molecular formula is C29H49N3O2. The molecule has 6 atom stereocenters. The van der Waals surface area contributed by atoms with Crippen molar-refractivity contribution in [3.8, 4) is 0 Å². The first kappa shape index (κ1) is 27.2. The summed E-state index contributed by atoms with van der Waals surface area (Å²) in [6.45, 7) is 13.3. The van der Waals surface area contributed by atoms with Gasteiger partial charge in [-0.3, -0.25) is 4.79 Å². The largest absolute Gasteiger partial charge is 0.370 e. The molecule has 1 aromatic rings. The van der Waals surface area contributed by atoms with Gasteiger partial charge in [-0.1, -0.05) is 76.8 Å². The lowest BCUT2D eigenvalue weighted by atomic mass is 9.61. The zero-order valence-corrected chi connectivity index (χ0v) is 22.3. The zero-order chi connectivity index (χ0) is 24.7. The number of nitrogens with two attached hydrogens (primary N) is 1. The van der Waals surface area contributed by atoms with Crippen LogP contribution in [0.5, 0.6) is 0 Å². The summed E-state index contributed by atoms with van der Waals surface area (Å²) in [6.07, 6.45) is 8.91. The molecule has 0 aromatic heterocycles. The van der Waals surface area contributed by atoms with Crippen LogP contribution in [0.2, 0.25) is 0 Å². The van der Waals surface area contributed by atoms with Crippen LogP contribution < -0.4 is 11.2 Å². The van der Waals surface area contributed by atoms with Crippen LogP contribution in [0.3, 0.4) is 0 Å². The van der Waals surface area contributed by atoms with Gasteiger partial charge in [0.05, 0.1) is 5.54 Å². The van der Waals surface area contributed by atoms with Crippen molar-refractivity contribution < 1.29 is 9.63 Å². The molecule has 1 aliphatic heterocycles. The van der Waals surface area contributed by atoms with Crippen LogP contribution >= 0.6 is 0 Å². The van der Waals surface area contributed by atoms with E-state index in [1.165, 1.54) is 38.3 Å². The molecule has 0 spiro atoms. The smallest absolute Gasteiger partial charge is 0.321 e. The van der Waals surface area contributed by atoms with Crippen molar-refractivity contribution in [1.29, 1.82) is 0 Å². The Kier molecular flexibility index (Phi) is 9.99. The van der Waals surface area contributed by atoms with E-state index in [0.717, 1.165) is 44.6 Å². The fourth-order valence-corrected chi connectivity index (χ4v) is 6.88. The molecule has 0 amide bonds. The quantitative estimate of drug-likeness (QED) is 0.456. The first-order valence-corrected chi connectivity index (χ1v) is 13.8. The van der Waals surface area contributed by atoms with Crippen molar-refractivity contribution in [2.45, 2.75) is 110 Å². The molecule has 1 aliphatic carbocycles. The molecule has 0 radical (unpaired) electrons. The van der Waals surface area contributed by atoms with E-state index in [2.05, 4.69) is 68.4 Å². The molecule has 192 valence electrons. The Morgan fingerprint density at radius 3 is 2.50 bits per heavy atom. The Bertz CT molecular complexity index is 753. The van der Waals surface area contributed by atoms with Crippen molar-refractivity contribution in [2.24, 2.45) is 23.5 Å². The summed E-state index contributed by atoms with van der Waals surface area (Å²) in [4.78, 5) is 20.2. The average Bonchev–Trinajstić information content (AvgIpc) is 2.95. The number of nitrogens with one attached hydrogen (secondary N) is 1. The van der Waals surface area contributed by atoms with E-state index < -0.39 is 5.54 Å². The van der Waals surface area contributed by atoms with Gasteiger partial charge in [0.2, 0.25) is 0 Å². The van der Waals surface area contributed by atoms with Crippen LogP contribution in [0, 0.1) is 17.8 Å². The fourth-order valence-electron chi connectivity index (χ4n) is 6.88. The molecule has 3 N–H and O–H groups in total. The topological polar surface area (TPSA) is 67.6 Å². The second kappa shape index (κ2) is 12.5. The van der Waals surface area contributed by atoms with E-state index >= 15 is 0 Å². The molecule has 1 aromatic carbocycles. The zero-order valence-electron chi connectivity index (χ0n) is 22.3. The summed E-state index contributed by atoms with van der Waals surface area (Å²) in [7, 11) is 0. The summed E-state index contributed by atoms with van der Waals surface area (Å²) >= 11 is 0. The number of carbonyl (C=O) groups excluding carboxylic acids is 1. The highest BCUT2D eigenvalue weighted by Crippen LogP contribution is 2.48. The summed E-state index contributed by atoms with van der Waals surface area (Å²) in [5.41, 5.74) is 11.1. The van der Waals surface area contributed by atoms with Crippen LogP contribution in [0.4, 0.5) is 0 Å². The van der Waals surface area contributed by atoms with Crippen LogP contribution in [-0.4, -0.2) is 41.6 Å². The average molecular weight is 472 g/mol. The summed E-state index contributed by atoms with van der Waals surface area (Å²) in [5, 5.41) is 0. The van der Waals surface area contributed by atoms with Crippen LogP contribution in [0.1, 0.15) is 97.5 Å². The summed E-state index contributed by atoms with van der Waals surface area (Å²) in [5.74, 6) is 1.73. The van der Waals surface area contributed by atoms with E-state index in [9.17, 15) is 4.79 Å². The molecule has 1 saturated carbocycles. The number of benzene rings is 1. The Hall–Kier alpha value is -1.43. The lowest BCUT2D eigenvalue weighted by molar-refractivity contribution is -0.157. The molecule has 5 heteroatoms. The van der Waals surface area contributed by atoms with Gasteiger partial charge in [-0.05, 0) is 55.9 Å². The normalized spacial score (nSPS) is 31.7. The Morgan fingerprint density at radius 2 is 1.88 bits per heavy atom. The van der Waals surface area contributed by atoms with Gasteiger partial charge in [0.15, 0.2) is 0 Å². The Balaban J connectivity index is 1.99. The van der Waals surface area contributed by atoms with E-state index in [1.807, 2.05) is 0 Å². The van der Waals surface area contributed by atoms with Gasteiger partial charge in [-0.25, -0.2) is 0 Å². The molecule has 1 heterocycles. The predicted molar refractivity (Wildman–Crippen MR) is 140 cm³/mol. The van der Waals surface area contributed by atoms with E-state index in [1.54, 1.807) is 0 Å². The van der Waals surface area contributed by atoms with E-state index in [-0.39, 0.29) is 17.9 Å². The lowest BCUT2D eigenvalue weighted by Crippen LogP contribution is -2.64. The molecule has 34 heavy (non-hydrogen) atoms. The molecule has 2 aliphatic rings. The second-order valence-corrected chi connectivity index (χ2v) is 11.3. The number of hydrogen-bond acceptors (Lipinski definition) is 5. The lowest BCUT2D eigenvalue weighted by Gasteiger charge is -2.50. The van der Waals surface area contributed by atoms with Gasteiger partial charge >= 0.3 is 5.97 Å². The Labute approximate surface area is 208 Å². The number of nitrogens with zero attached hydrogens (tertiary/aromatic N) is 1. The fraction of sp³-hybridized carbons (Fsp3) is 0.759. The maximum Gasteiger partial charge on any atom is 0.321 e. The molecule has 0 bridgehead atoms. The Morgan fingerprint density at radius 1 is 1.18 bits per heavy atom. The molecule has 1 saturated heterocycles. The maximum absolute atomic E-state index is 11.9. The van der Waals surface area contributed by atoms with Crippen molar-refractivity contribution in [3.05, 3.63) is 35.9 Å². The van der Waals surface area contributed by atoms with Gasteiger partial charge in [-0.15, -0.1) is 5.48 Å². The van der Waals surface area contributed by atoms with Gasteiger partial charge in [0.1, 0.15) is 0 Å². The second-order valence-electron chi connectivity index (χ2n) is 11.3.